The summed E-state index contributed by atoms with van der Waals surface area (Å²) < 4.78 is 7.74. The Morgan fingerprint density at radius 2 is 2.47 bits per heavy atom. The minimum absolute atomic E-state index is 0.182. The highest BCUT2D eigenvalue weighted by Crippen LogP contribution is 2.27. The molecular weight excluding hydrogens is 260 g/mol. The number of aryl methyl sites for hydroxylation is 1. The molecule has 80 valence electrons. The van der Waals surface area contributed by atoms with Crippen molar-refractivity contribution >= 4 is 15.9 Å². The molecule has 2 heterocycles. The lowest BCUT2D eigenvalue weighted by molar-refractivity contribution is 0.518. The van der Waals surface area contributed by atoms with Crippen LogP contribution in [0.15, 0.2) is 33.8 Å². The van der Waals surface area contributed by atoms with Crippen molar-refractivity contribution in [3.63, 3.8) is 0 Å². The van der Waals surface area contributed by atoms with Crippen LogP contribution in [0, 0.1) is 0 Å². The van der Waals surface area contributed by atoms with E-state index >= 15 is 0 Å². The fourth-order valence-corrected chi connectivity index (χ4v) is 1.94. The summed E-state index contributed by atoms with van der Waals surface area (Å²) in [4.78, 5) is 4.24. The van der Waals surface area contributed by atoms with Gasteiger partial charge in [0, 0.05) is 25.0 Å². The van der Waals surface area contributed by atoms with Crippen LogP contribution in [0.25, 0.3) is 0 Å². The van der Waals surface area contributed by atoms with E-state index in [1.54, 1.807) is 12.5 Å². The third kappa shape index (κ3) is 1.83. The van der Waals surface area contributed by atoms with Crippen LogP contribution in [0.3, 0.4) is 0 Å². The predicted molar refractivity (Wildman–Crippen MR) is 58.8 cm³/mol. The number of hydrogen-bond acceptors (Lipinski definition) is 4. The summed E-state index contributed by atoms with van der Waals surface area (Å²) in [5.74, 6) is 6.36. The van der Waals surface area contributed by atoms with Gasteiger partial charge in [-0.1, -0.05) is 0 Å². The predicted octanol–water partition coefficient (Wildman–Crippen LogP) is 1.33. The molecule has 5 nitrogen and oxygen atoms in total. The van der Waals surface area contributed by atoms with Crippen LogP contribution in [-0.2, 0) is 7.05 Å². The third-order valence-electron chi connectivity index (χ3n) is 2.24. The first-order chi connectivity index (χ1) is 7.24. The number of furan rings is 1. The molecule has 0 saturated heterocycles. The molecule has 0 saturated carbocycles. The highest BCUT2D eigenvalue weighted by atomic mass is 79.9. The number of hydrazine groups is 1. The zero-order chi connectivity index (χ0) is 10.8. The summed E-state index contributed by atoms with van der Waals surface area (Å²) in [6.07, 6.45) is 5.20. The number of aromatic nitrogens is 2. The molecule has 0 aliphatic heterocycles. The zero-order valence-electron chi connectivity index (χ0n) is 8.14. The second-order valence-corrected chi connectivity index (χ2v) is 3.87. The minimum Gasteiger partial charge on any atom is -0.457 e. The van der Waals surface area contributed by atoms with Crippen molar-refractivity contribution in [3.05, 3.63) is 40.8 Å². The lowest BCUT2D eigenvalue weighted by Gasteiger charge is -2.14. The Balaban J connectivity index is 2.41. The Morgan fingerprint density at radius 1 is 1.67 bits per heavy atom. The van der Waals surface area contributed by atoms with Crippen molar-refractivity contribution in [2.24, 2.45) is 12.9 Å². The molecule has 15 heavy (non-hydrogen) atoms. The van der Waals surface area contributed by atoms with E-state index in [0.29, 0.717) is 4.67 Å². The van der Waals surface area contributed by atoms with Gasteiger partial charge in [-0.2, -0.15) is 0 Å². The first-order valence-corrected chi connectivity index (χ1v) is 5.19. The molecule has 0 radical (unpaired) electrons. The summed E-state index contributed by atoms with van der Waals surface area (Å²) >= 11 is 3.32. The molecule has 0 fully saturated rings. The molecule has 0 aliphatic carbocycles. The summed E-state index contributed by atoms with van der Waals surface area (Å²) in [5.41, 5.74) is 3.64. The van der Waals surface area contributed by atoms with Crippen LogP contribution >= 0.6 is 15.9 Å². The first kappa shape index (κ1) is 10.4. The monoisotopic (exact) mass is 270 g/mol. The standard InChI is InChI=1S/C9H11BrN4O/c1-14-4-3-12-9(14)7(13-11)6-2-5-15-8(6)10/h2-5,7,13H,11H2,1H3. The third-order valence-corrected chi connectivity index (χ3v) is 2.89. The molecule has 0 amide bonds. The summed E-state index contributed by atoms with van der Waals surface area (Å²) in [6, 6.07) is 1.67. The van der Waals surface area contributed by atoms with Crippen molar-refractivity contribution in [1.82, 2.24) is 15.0 Å². The smallest absolute Gasteiger partial charge is 0.174 e. The lowest BCUT2D eigenvalue weighted by atomic mass is 10.1. The molecule has 0 bridgehead atoms. The number of rotatable bonds is 3. The van der Waals surface area contributed by atoms with E-state index in [9.17, 15) is 0 Å². The minimum atomic E-state index is -0.182. The highest BCUT2D eigenvalue weighted by molar-refractivity contribution is 9.10. The fourth-order valence-electron chi connectivity index (χ4n) is 1.47. The summed E-state index contributed by atoms with van der Waals surface area (Å²) in [5, 5.41) is 0. The van der Waals surface area contributed by atoms with E-state index in [-0.39, 0.29) is 6.04 Å². The molecule has 2 rings (SSSR count). The molecular formula is C9H11BrN4O. The molecule has 2 aromatic rings. The number of hydrogen-bond donors (Lipinski definition) is 2. The lowest BCUT2D eigenvalue weighted by Crippen LogP contribution is -2.30. The topological polar surface area (TPSA) is 69.0 Å². The molecule has 0 spiro atoms. The Labute approximate surface area is 95.4 Å². The molecule has 2 aromatic heterocycles. The van der Waals surface area contributed by atoms with Gasteiger partial charge < -0.3 is 8.98 Å². The van der Waals surface area contributed by atoms with Gasteiger partial charge in [0.2, 0.25) is 0 Å². The van der Waals surface area contributed by atoms with Gasteiger partial charge in [-0.25, -0.2) is 10.4 Å². The average molecular weight is 271 g/mol. The molecule has 6 heteroatoms. The second kappa shape index (κ2) is 4.18. The maximum absolute atomic E-state index is 5.53. The Bertz CT molecular complexity index is 410. The maximum atomic E-state index is 5.53. The molecule has 0 aliphatic rings. The van der Waals surface area contributed by atoms with Gasteiger partial charge in [-0.3, -0.25) is 5.84 Å². The number of nitrogens with two attached hydrogens (primary N) is 1. The summed E-state index contributed by atoms with van der Waals surface area (Å²) in [7, 11) is 1.92. The van der Waals surface area contributed by atoms with E-state index in [4.69, 9.17) is 10.3 Å². The SMILES string of the molecule is Cn1ccnc1C(NN)c1ccoc1Br. The highest BCUT2D eigenvalue weighted by Gasteiger charge is 2.20. The van der Waals surface area contributed by atoms with Crippen LogP contribution < -0.4 is 11.3 Å². The average Bonchev–Trinajstić information content (AvgIpc) is 2.80. The van der Waals surface area contributed by atoms with Crippen molar-refractivity contribution in [1.29, 1.82) is 0 Å². The molecule has 1 atom stereocenters. The Morgan fingerprint density at radius 3 is 2.93 bits per heavy atom. The Kier molecular flexibility index (Phi) is 2.90. The van der Waals surface area contributed by atoms with E-state index < -0.39 is 0 Å². The summed E-state index contributed by atoms with van der Waals surface area (Å²) in [6.45, 7) is 0. The maximum Gasteiger partial charge on any atom is 0.174 e. The van der Waals surface area contributed by atoms with Crippen molar-refractivity contribution in [2.75, 3.05) is 0 Å². The molecule has 3 N–H and O–H groups in total. The van der Waals surface area contributed by atoms with Crippen molar-refractivity contribution in [2.45, 2.75) is 6.04 Å². The van der Waals surface area contributed by atoms with Gasteiger partial charge in [-0.15, -0.1) is 0 Å². The van der Waals surface area contributed by atoms with Crippen molar-refractivity contribution < 1.29 is 4.42 Å². The van der Waals surface area contributed by atoms with Crippen LogP contribution in [0.4, 0.5) is 0 Å². The van der Waals surface area contributed by atoms with Gasteiger partial charge in [0.25, 0.3) is 0 Å². The van der Waals surface area contributed by atoms with Crippen LogP contribution in [-0.4, -0.2) is 9.55 Å². The van der Waals surface area contributed by atoms with E-state index in [1.165, 1.54) is 0 Å². The number of nitrogens with zero attached hydrogens (tertiary/aromatic N) is 2. The van der Waals surface area contributed by atoms with E-state index in [2.05, 4.69) is 26.3 Å². The van der Waals surface area contributed by atoms with Gasteiger partial charge in [0.05, 0.1) is 6.26 Å². The quantitative estimate of drug-likeness (QED) is 0.652. The van der Waals surface area contributed by atoms with Crippen LogP contribution in [0.5, 0.6) is 0 Å². The van der Waals surface area contributed by atoms with Gasteiger partial charge in [0.1, 0.15) is 11.9 Å². The number of halogens is 1. The van der Waals surface area contributed by atoms with Crippen LogP contribution in [0.1, 0.15) is 17.4 Å². The first-order valence-electron chi connectivity index (χ1n) is 4.40. The van der Waals surface area contributed by atoms with E-state index in [0.717, 1.165) is 11.4 Å². The Hall–Kier alpha value is -1.11. The van der Waals surface area contributed by atoms with Gasteiger partial charge in [0.15, 0.2) is 4.67 Å². The number of nitrogens with one attached hydrogen (secondary N) is 1. The fraction of sp³-hybridized carbons (Fsp3) is 0.222. The number of imidazole rings is 1. The zero-order valence-corrected chi connectivity index (χ0v) is 9.73. The molecule has 0 aromatic carbocycles. The molecule has 1 unspecified atom stereocenters. The largest absolute Gasteiger partial charge is 0.457 e. The van der Waals surface area contributed by atoms with Crippen LogP contribution in [0.2, 0.25) is 0 Å². The van der Waals surface area contributed by atoms with Gasteiger partial charge >= 0.3 is 0 Å². The van der Waals surface area contributed by atoms with Gasteiger partial charge in [-0.05, 0) is 22.0 Å². The van der Waals surface area contributed by atoms with Crippen molar-refractivity contribution in [3.8, 4) is 0 Å². The normalized spacial score (nSPS) is 13.0. The second-order valence-electron chi connectivity index (χ2n) is 3.15. The van der Waals surface area contributed by atoms with E-state index in [1.807, 2.05) is 23.9 Å².